The Morgan fingerprint density at radius 3 is 2.12 bits per heavy atom. The van der Waals surface area contributed by atoms with Gasteiger partial charge in [-0.05, 0) is 55.2 Å². The van der Waals surface area contributed by atoms with Crippen LogP contribution in [0.5, 0.6) is 5.75 Å². The van der Waals surface area contributed by atoms with Gasteiger partial charge in [-0.25, -0.2) is 9.97 Å². The van der Waals surface area contributed by atoms with Gasteiger partial charge in [-0.15, -0.1) is 11.3 Å². The van der Waals surface area contributed by atoms with Crippen LogP contribution in [-0.4, -0.2) is 45.4 Å². The minimum absolute atomic E-state index is 0.0556. The number of carbonyl (C=O) groups excluding carboxylic acids is 2. The molecule has 0 saturated heterocycles. The van der Waals surface area contributed by atoms with E-state index in [9.17, 15) is 32.7 Å². The van der Waals surface area contributed by atoms with Crippen LogP contribution in [0.1, 0.15) is 72.5 Å². The Hall–Kier alpha value is -4.58. The van der Waals surface area contributed by atoms with E-state index in [1.165, 1.54) is 32.6 Å². The minimum Gasteiger partial charge on any atom is -0.494 e. The Kier molecular flexibility index (Phi) is 12.8. The summed E-state index contributed by atoms with van der Waals surface area (Å²) >= 11 is 0.312. The number of hydrogen-bond donors (Lipinski definition) is 2. The van der Waals surface area contributed by atoms with Gasteiger partial charge in [0.25, 0.3) is 0 Å². The number of hydrogen-bond acceptors (Lipinski definition) is 7. The number of ether oxygens (including phenoxy) is 1. The summed E-state index contributed by atoms with van der Waals surface area (Å²) in [6.07, 6.45) is 4.42. The number of amides is 1. The zero-order valence-electron chi connectivity index (χ0n) is 26.8. The van der Waals surface area contributed by atoms with Gasteiger partial charge in [0.2, 0.25) is 5.91 Å². The third-order valence-corrected chi connectivity index (χ3v) is 8.91. The summed E-state index contributed by atoms with van der Waals surface area (Å²) < 4.78 is 45.0. The Bertz CT molecular complexity index is 1660. The fourth-order valence-electron chi connectivity index (χ4n) is 4.95. The maximum absolute atomic E-state index is 13.1. The molecule has 2 aromatic carbocycles. The number of benzene rings is 2. The van der Waals surface area contributed by atoms with E-state index in [1.807, 2.05) is 24.3 Å². The van der Waals surface area contributed by atoms with E-state index >= 15 is 0 Å². The first-order valence-corrected chi connectivity index (χ1v) is 16.6. The lowest BCUT2D eigenvalue weighted by Crippen LogP contribution is -2.42. The number of halogens is 3. The van der Waals surface area contributed by atoms with Gasteiger partial charge in [-0.3, -0.25) is 14.4 Å². The monoisotopic (exact) mass is 681 g/mol. The molecule has 2 heterocycles. The number of unbranched alkanes of at least 4 members (excludes halogenated alkanes) is 4. The summed E-state index contributed by atoms with van der Waals surface area (Å²) in [6, 6.07) is 15.5. The van der Waals surface area contributed by atoms with E-state index in [-0.39, 0.29) is 11.3 Å². The molecule has 0 aliphatic carbocycles. The fraction of sp³-hybridized carbons (Fsp3) is 0.361. The van der Waals surface area contributed by atoms with E-state index in [1.54, 1.807) is 36.7 Å². The van der Waals surface area contributed by atoms with Gasteiger partial charge in [0.15, 0.2) is 11.6 Å². The highest BCUT2D eigenvalue weighted by Gasteiger charge is 2.34. The number of carboxylic acids is 1. The van der Waals surface area contributed by atoms with Crippen LogP contribution in [0.25, 0.3) is 22.5 Å². The molecular weight excluding hydrogens is 643 g/mol. The number of nitrogens with one attached hydrogen (secondary N) is 1. The van der Waals surface area contributed by atoms with Crippen LogP contribution >= 0.6 is 11.3 Å². The average molecular weight is 682 g/mol. The third kappa shape index (κ3) is 10.5. The lowest BCUT2D eigenvalue weighted by molar-refractivity contribution is -0.141. The first-order valence-electron chi connectivity index (χ1n) is 15.8. The van der Waals surface area contributed by atoms with Crippen molar-refractivity contribution in [1.82, 2.24) is 15.3 Å². The summed E-state index contributed by atoms with van der Waals surface area (Å²) in [5.41, 5.74) is 3.16. The predicted octanol–water partition coefficient (Wildman–Crippen LogP) is 8.26. The van der Waals surface area contributed by atoms with Crippen molar-refractivity contribution in [3.63, 3.8) is 0 Å². The summed E-state index contributed by atoms with van der Waals surface area (Å²) in [4.78, 5) is 45.2. The molecule has 4 rings (SSSR count). The van der Waals surface area contributed by atoms with Crippen LogP contribution in [0.3, 0.4) is 0 Å². The maximum Gasteiger partial charge on any atom is 0.425 e. The fourth-order valence-corrected chi connectivity index (χ4v) is 5.78. The van der Waals surface area contributed by atoms with Crippen molar-refractivity contribution in [2.75, 3.05) is 6.61 Å². The number of carboxylic acid groups (broad SMARTS) is 1. The molecule has 0 unspecified atom stereocenters. The van der Waals surface area contributed by atoms with E-state index in [0.717, 1.165) is 35.4 Å². The zero-order valence-corrected chi connectivity index (χ0v) is 27.6. The van der Waals surface area contributed by atoms with Crippen LogP contribution in [0, 0.1) is 5.92 Å². The molecule has 0 fully saturated rings. The minimum atomic E-state index is -4.59. The molecule has 0 bridgehead atoms. The molecule has 0 aliphatic heterocycles. The third-order valence-electron chi connectivity index (χ3n) is 7.74. The van der Waals surface area contributed by atoms with Crippen molar-refractivity contribution in [3.8, 4) is 28.3 Å². The van der Waals surface area contributed by atoms with Crippen molar-refractivity contribution in [2.24, 2.45) is 5.92 Å². The molecule has 1 amide bonds. The summed E-state index contributed by atoms with van der Waals surface area (Å²) in [5, 5.41) is 11.6. The van der Waals surface area contributed by atoms with Gasteiger partial charge in [0.05, 0.1) is 11.5 Å². The van der Waals surface area contributed by atoms with Gasteiger partial charge >= 0.3 is 12.1 Å². The lowest BCUT2D eigenvalue weighted by atomic mass is 9.92. The number of Topliss-reactive ketones (excluding diaryl/α,β-unsaturated/α-hetero) is 1. The molecule has 4 aromatic rings. The highest BCUT2D eigenvalue weighted by Crippen LogP contribution is 2.35. The molecule has 8 nitrogen and oxygen atoms in total. The Morgan fingerprint density at radius 2 is 1.52 bits per heavy atom. The Labute approximate surface area is 281 Å². The van der Waals surface area contributed by atoms with Gasteiger partial charge < -0.3 is 15.2 Å². The Morgan fingerprint density at radius 1 is 0.875 bits per heavy atom. The number of aliphatic carboxylic acids is 1. The number of nitrogens with zero attached hydrogens (tertiary/aromatic N) is 2. The lowest BCUT2D eigenvalue weighted by Gasteiger charge is -2.18. The first kappa shape index (κ1) is 36.3. The molecule has 2 N–H and O–H groups in total. The van der Waals surface area contributed by atoms with Crippen molar-refractivity contribution in [3.05, 3.63) is 88.4 Å². The van der Waals surface area contributed by atoms with E-state index < -0.39 is 47.1 Å². The topological polar surface area (TPSA) is 118 Å². The smallest absolute Gasteiger partial charge is 0.425 e. The molecule has 254 valence electrons. The van der Waals surface area contributed by atoms with Gasteiger partial charge in [0, 0.05) is 35.9 Å². The average Bonchev–Trinajstić information content (AvgIpc) is 3.59. The van der Waals surface area contributed by atoms with Gasteiger partial charge in [-0.1, -0.05) is 69.0 Å². The van der Waals surface area contributed by atoms with Gasteiger partial charge in [0.1, 0.15) is 16.7 Å². The highest BCUT2D eigenvalue weighted by atomic mass is 32.1. The number of ketones is 1. The molecule has 0 saturated carbocycles. The standard InChI is InChI=1S/C36H38F3N3O5S/c1-3-4-5-6-7-18-47-29-14-12-25(13-15-29)28-21-40-33(41-22-28)26-10-8-24(9-11-26)19-27(34(44)42-23(2)35(45)46)20-30(43)31-16-17-32(48-31)36(37,38)39/h8-17,21-23,27H,3-7,18-20H2,1-2H3,(H,42,44)(H,45,46)/t23-,27-/m1/s1. The van der Waals surface area contributed by atoms with E-state index in [2.05, 4.69) is 22.2 Å². The second-order valence-electron chi connectivity index (χ2n) is 11.5. The molecule has 2 aromatic heterocycles. The summed E-state index contributed by atoms with van der Waals surface area (Å²) in [5.74, 6) is -2.30. The molecule has 12 heteroatoms. The number of aromatic nitrogens is 2. The Balaban J connectivity index is 1.40. The van der Waals surface area contributed by atoms with E-state index in [4.69, 9.17) is 4.74 Å². The van der Waals surface area contributed by atoms with Crippen LogP contribution in [0.2, 0.25) is 0 Å². The maximum atomic E-state index is 13.1. The van der Waals surface area contributed by atoms with Gasteiger partial charge in [-0.2, -0.15) is 13.2 Å². The molecule has 2 atom stereocenters. The number of carbonyl (C=O) groups is 3. The second-order valence-corrected chi connectivity index (χ2v) is 12.6. The number of alkyl halides is 3. The normalized spacial score (nSPS) is 12.7. The van der Waals surface area contributed by atoms with E-state index in [0.29, 0.717) is 34.9 Å². The van der Waals surface area contributed by atoms with Crippen molar-refractivity contribution >= 4 is 29.0 Å². The van der Waals surface area contributed by atoms with Crippen LogP contribution in [0.4, 0.5) is 13.2 Å². The molecule has 0 radical (unpaired) electrons. The SMILES string of the molecule is CCCCCCCOc1ccc(-c2cnc(-c3ccc(C[C@H](CC(=O)c4ccc(C(F)(F)F)s4)C(=O)N[C@H](C)C(=O)O)cc3)nc2)cc1. The molecule has 0 spiro atoms. The molecule has 0 aliphatic rings. The zero-order chi connectivity index (χ0) is 34.7. The molecular formula is C36H38F3N3O5S. The van der Waals surface area contributed by atoms with Crippen LogP contribution < -0.4 is 10.1 Å². The highest BCUT2D eigenvalue weighted by molar-refractivity contribution is 7.14. The number of rotatable bonds is 17. The van der Waals surface area contributed by atoms with Crippen LogP contribution in [0.15, 0.2) is 73.1 Å². The number of thiophene rings is 1. The predicted molar refractivity (Wildman–Crippen MR) is 178 cm³/mol. The first-order chi connectivity index (χ1) is 22.9. The second kappa shape index (κ2) is 17.0. The molecule has 48 heavy (non-hydrogen) atoms. The van der Waals surface area contributed by atoms with Crippen molar-refractivity contribution in [2.45, 2.75) is 71.0 Å². The van der Waals surface area contributed by atoms with Crippen molar-refractivity contribution < 1.29 is 37.4 Å². The van der Waals surface area contributed by atoms with Crippen LogP contribution in [-0.2, 0) is 22.2 Å². The largest absolute Gasteiger partial charge is 0.494 e. The summed E-state index contributed by atoms with van der Waals surface area (Å²) in [6.45, 7) is 4.17. The summed E-state index contributed by atoms with van der Waals surface area (Å²) in [7, 11) is 0. The quantitative estimate of drug-likeness (QED) is 0.0851. The van der Waals surface area contributed by atoms with Crippen molar-refractivity contribution in [1.29, 1.82) is 0 Å².